The Morgan fingerprint density at radius 3 is 2.47 bits per heavy atom. The summed E-state index contributed by atoms with van der Waals surface area (Å²) in [6.07, 6.45) is 11.9. The molecule has 2 saturated carbocycles. The van der Waals surface area contributed by atoms with Gasteiger partial charge in [-0.25, -0.2) is 0 Å². The molecule has 15 heavy (non-hydrogen) atoms. The molecule has 0 aromatic rings. The maximum absolute atomic E-state index is 3.66. The SMILES string of the molecule is CCNC1CCC2(CCCC2)C(CC)C1. The van der Waals surface area contributed by atoms with Gasteiger partial charge in [0.1, 0.15) is 0 Å². The van der Waals surface area contributed by atoms with Gasteiger partial charge in [-0.15, -0.1) is 0 Å². The van der Waals surface area contributed by atoms with E-state index < -0.39 is 0 Å². The molecule has 1 heteroatoms. The molecule has 2 unspecified atom stereocenters. The Labute approximate surface area is 95.0 Å². The van der Waals surface area contributed by atoms with Crippen molar-refractivity contribution in [2.75, 3.05) is 6.54 Å². The molecule has 0 aliphatic heterocycles. The van der Waals surface area contributed by atoms with Crippen LogP contribution in [0.2, 0.25) is 0 Å². The standard InChI is InChI=1S/C14H27N/c1-3-12-11-13(15-4-2)7-10-14(12)8-5-6-9-14/h12-13,15H,3-11H2,1-2H3. The topological polar surface area (TPSA) is 12.0 Å². The first-order valence-electron chi connectivity index (χ1n) is 7.04. The lowest BCUT2D eigenvalue weighted by molar-refractivity contribution is 0.0776. The zero-order valence-electron chi connectivity index (χ0n) is 10.5. The number of rotatable bonds is 3. The Hall–Kier alpha value is -0.0400. The number of hydrogen-bond donors (Lipinski definition) is 1. The molecule has 0 heterocycles. The second-order valence-electron chi connectivity index (χ2n) is 5.70. The van der Waals surface area contributed by atoms with Crippen molar-refractivity contribution >= 4 is 0 Å². The highest BCUT2D eigenvalue weighted by molar-refractivity contribution is 4.96. The Kier molecular flexibility index (Phi) is 3.71. The van der Waals surface area contributed by atoms with Crippen LogP contribution in [0.15, 0.2) is 0 Å². The zero-order chi connectivity index (χ0) is 10.7. The monoisotopic (exact) mass is 209 g/mol. The first-order valence-corrected chi connectivity index (χ1v) is 7.04. The lowest BCUT2D eigenvalue weighted by Crippen LogP contribution is -2.42. The van der Waals surface area contributed by atoms with Crippen LogP contribution in [0.3, 0.4) is 0 Å². The molecule has 2 rings (SSSR count). The fourth-order valence-electron chi connectivity index (χ4n) is 4.19. The van der Waals surface area contributed by atoms with Gasteiger partial charge in [0.15, 0.2) is 0 Å². The van der Waals surface area contributed by atoms with Gasteiger partial charge in [0, 0.05) is 6.04 Å². The highest BCUT2D eigenvalue weighted by Crippen LogP contribution is 2.53. The third-order valence-electron chi connectivity index (χ3n) is 5.01. The van der Waals surface area contributed by atoms with Crippen LogP contribution < -0.4 is 5.32 Å². The first kappa shape index (κ1) is 11.4. The van der Waals surface area contributed by atoms with Gasteiger partial charge in [0.05, 0.1) is 0 Å². The molecule has 2 fully saturated rings. The summed E-state index contributed by atoms with van der Waals surface area (Å²) in [7, 11) is 0. The fourth-order valence-corrected chi connectivity index (χ4v) is 4.19. The largest absolute Gasteiger partial charge is 0.314 e. The molecule has 0 aromatic carbocycles. The minimum atomic E-state index is 0.778. The summed E-state index contributed by atoms with van der Waals surface area (Å²) in [6, 6.07) is 0.825. The van der Waals surface area contributed by atoms with Crippen molar-refractivity contribution < 1.29 is 0 Å². The summed E-state index contributed by atoms with van der Waals surface area (Å²) < 4.78 is 0. The molecule has 1 N–H and O–H groups in total. The predicted molar refractivity (Wildman–Crippen MR) is 66.0 cm³/mol. The van der Waals surface area contributed by atoms with Gasteiger partial charge < -0.3 is 5.32 Å². The van der Waals surface area contributed by atoms with Gasteiger partial charge >= 0.3 is 0 Å². The summed E-state index contributed by atoms with van der Waals surface area (Å²) in [5.41, 5.74) is 0.778. The Bertz CT molecular complexity index is 194. The molecule has 0 aromatic heterocycles. The molecular formula is C14H27N. The van der Waals surface area contributed by atoms with E-state index in [1.54, 1.807) is 0 Å². The lowest BCUT2D eigenvalue weighted by Gasteiger charge is -2.44. The van der Waals surface area contributed by atoms with Crippen LogP contribution in [-0.2, 0) is 0 Å². The minimum Gasteiger partial charge on any atom is -0.314 e. The average molecular weight is 209 g/mol. The molecule has 2 aliphatic carbocycles. The Morgan fingerprint density at radius 1 is 1.13 bits per heavy atom. The van der Waals surface area contributed by atoms with E-state index in [1.807, 2.05) is 0 Å². The smallest absolute Gasteiger partial charge is 0.00699 e. The van der Waals surface area contributed by atoms with Gasteiger partial charge in [0.25, 0.3) is 0 Å². The van der Waals surface area contributed by atoms with E-state index in [-0.39, 0.29) is 0 Å². The summed E-state index contributed by atoms with van der Waals surface area (Å²) in [5.74, 6) is 1.01. The molecule has 0 radical (unpaired) electrons. The molecule has 0 amide bonds. The number of nitrogens with one attached hydrogen (secondary N) is 1. The molecular weight excluding hydrogens is 182 g/mol. The van der Waals surface area contributed by atoms with E-state index in [2.05, 4.69) is 19.2 Å². The van der Waals surface area contributed by atoms with Gasteiger partial charge in [-0.1, -0.05) is 33.1 Å². The highest BCUT2D eigenvalue weighted by Gasteiger charge is 2.43. The van der Waals surface area contributed by atoms with Crippen molar-refractivity contribution in [3.8, 4) is 0 Å². The van der Waals surface area contributed by atoms with Crippen LogP contribution in [0.5, 0.6) is 0 Å². The molecule has 88 valence electrons. The quantitative estimate of drug-likeness (QED) is 0.746. The van der Waals surface area contributed by atoms with E-state index in [4.69, 9.17) is 0 Å². The Morgan fingerprint density at radius 2 is 1.87 bits per heavy atom. The van der Waals surface area contributed by atoms with Gasteiger partial charge in [0.2, 0.25) is 0 Å². The highest BCUT2D eigenvalue weighted by atomic mass is 14.9. The number of hydrogen-bond acceptors (Lipinski definition) is 1. The second-order valence-corrected chi connectivity index (χ2v) is 5.70. The molecule has 1 nitrogen and oxygen atoms in total. The molecule has 0 saturated heterocycles. The molecule has 0 bridgehead atoms. The van der Waals surface area contributed by atoms with Crippen LogP contribution in [-0.4, -0.2) is 12.6 Å². The van der Waals surface area contributed by atoms with E-state index >= 15 is 0 Å². The van der Waals surface area contributed by atoms with Crippen molar-refractivity contribution in [2.24, 2.45) is 11.3 Å². The normalized spacial score (nSPS) is 34.8. The van der Waals surface area contributed by atoms with Gasteiger partial charge in [-0.3, -0.25) is 0 Å². The maximum atomic E-state index is 3.66. The fraction of sp³-hybridized carbons (Fsp3) is 1.00. The van der Waals surface area contributed by atoms with E-state index in [9.17, 15) is 0 Å². The molecule has 2 aliphatic rings. The van der Waals surface area contributed by atoms with Crippen molar-refractivity contribution in [2.45, 2.75) is 71.3 Å². The van der Waals surface area contributed by atoms with Crippen LogP contribution in [0.25, 0.3) is 0 Å². The van der Waals surface area contributed by atoms with Gasteiger partial charge in [-0.05, 0) is 50.0 Å². The average Bonchev–Trinajstić information content (AvgIpc) is 2.71. The predicted octanol–water partition coefficient (Wildman–Crippen LogP) is 3.74. The lowest BCUT2D eigenvalue weighted by atomic mass is 9.63. The summed E-state index contributed by atoms with van der Waals surface area (Å²) in [5, 5.41) is 3.66. The molecule has 1 spiro atoms. The van der Waals surface area contributed by atoms with Crippen molar-refractivity contribution in [1.82, 2.24) is 5.32 Å². The van der Waals surface area contributed by atoms with Crippen LogP contribution in [0, 0.1) is 11.3 Å². The Balaban J connectivity index is 1.98. The van der Waals surface area contributed by atoms with E-state index in [1.165, 1.54) is 51.4 Å². The summed E-state index contributed by atoms with van der Waals surface area (Å²) in [6.45, 7) is 5.79. The molecule has 2 atom stereocenters. The summed E-state index contributed by atoms with van der Waals surface area (Å²) in [4.78, 5) is 0. The van der Waals surface area contributed by atoms with Gasteiger partial charge in [-0.2, -0.15) is 0 Å². The summed E-state index contributed by atoms with van der Waals surface area (Å²) >= 11 is 0. The maximum Gasteiger partial charge on any atom is 0.00699 e. The van der Waals surface area contributed by atoms with E-state index in [0.717, 1.165) is 23.9 Å². The second kappa shape index (κ2) is 4.86. The van der Waals surface area contributed by atoms with E-state index in [0.29, 0.717) is 0 Å². The minimum absolute atomic E-state index is 0.778. The zero-order valence-corrected chi connectivity index (χ0v) is 10.5. The van der Waals surface area contributed by atoms with Crippen molar-refractivity contribution in [3.05, 3.63) is 0 Å². The van der Waals surface area contributed by atoms with Crippen LogP contribution >= 0.6 is 0 Å². The van der Waals surface area contributed by atoms with Crippen LogP contribution in [0.4, 0.5) is 0 Å². The van der Waals surface area contributed by atoms with Crippen molar-refractivity contribution in [1.29, 1.82) is 0 Å². The third-order valence-corrected chi connectivity index (χ3v) is 5.01. The first-order chi connectivity index (χ1) is 7.30. The van der Waals surface area contributed by atoms with Crippen LogP contribution in [0.1, 0.15) is 65.2 Å². The third kappa shape index (κ3) is 2.22. The van der Waals surface area contributed by atoms with Crippen molar-refractivity contribution in [3.63, 3.8) is 0 Å².